The van der Waals surface area contributed by atoms with Crippen molar-refractivity contribution in [2.24, 2.45) is 0 Å². The quantitative estimate of drug-likeness (QED) is 0.836. The van der Waals surface area contributed by atoms with Gasteiger partial charge in [0.1, 0.15) is 5.82 Å². The van der Waals surface area contributed by atoms with Crippen molar-refractivity contribution in [1.82, 2.24) is 9.97 Å². The summed E-state index contributed by atoms with van der Waals surface area (Å²) in [5.41, 5.74) is 0. The molecule has 1 aliphatic rings. The van der Waals surface area contributed by atoms with E-state index in [1.165, 1.54) is 0 Å². The summed E-state index contributed by atoms with van der Waals surface area (Å²) in [4.78, 5) is 11.0. The Hall–Kier alpha value is -1.36. The Morgan fingerprint density at radius 3 is 2.94 bits per heavy atom. The number of ether oxygens (including phenoxy) is 1. The molecule has 1 fully saturated rings. The maximum absolute atomic E-state index is 5.57. The fourth-order valence-corrected chi connectivity index (χ4v) is 2.17. The molecule has 1 aromatic rings. The van der Waals surface area contributed by atoms with Crippen molar-refractivity contribution in [3.8, 4) is 0 Å². The van der Waals surface area contributed by atoms with Crippen molar-refractivity contribution >= 4 is 11.8 Å². The molecular weight excluding hydrogens is 228 g/mol. The van der Waals surface area contributed by atoms with Gasteiger partial charge in [0.25, 0.3) is 0 Å². The van der Waals surface area contributed by atoms with Crippen molar-refractivity contribution in [2.45, 2.75) is 32.8 Å². The van der Waals surface area contributed by atoms with E-state index >= 15 is 0 Å². The Balaban J connectivity index is 1.93. The zero-order valence-corrected chi connectivity index (χ0v) is 11.2. The van der Waals surface area contributed by atoms with Crippen LogP contribution in [0.4, 0.5) is 11.8 Å². The first kappa shape index (κ1) is 13.1. The molecule has 2 rings (SSSR count). The first-order chi connectivity index (χ1) is 8.83. The first-order valence-corrected chi connectivity index (χ1v) is 6.77. The normalized spacial score (nSPS) is 18.9. The Bertz CT molecular complexity index is 362. The summed E-state index contributed by atoms with van der Waals surface area (Å²) >= 11 is 0. The molecule has 0 spiro atoms. The van der Waals surface area contributed by atoms with E-state index in [1.807, 2.05) is 6.07 Å². The predicted octanol–water partition coefficient (Wildman–Crippen LogP) is 1.91. The highest BCUT2D eigenvalue weighted by Gasteiger charge is 2.15. The van der Waals surface area contributed by atoms with Gasteiger partial charge in [-0.25, -0.2) is 4.98 Å². The van der Waals surface area contributed by atoms with Gasteiger partial charge in [0.05, 0.1) is 6.10 Å². The highest BCUT2D eigenvalue weighted by molar-refractivity contribution is 5.42. The smallest absolute Gasteiger partial charge is 0.224 e. The molecule has 1 N–H and O–H groups in total. The van der Waals surface area contributed by atoms with E-state index in [9.17, 15) is 0 Å². The molecular formula is C13H22N4O. The lowest BCUT2D eigenvalue weighted by molar-refractivity contribution is 0.120. The van der Waals surface area contributed by atoms with Gasteiger partial charge in [0.2, 0.25) is 5.95 Å². The van der Waals surface area contributed by atoms with Gasteiger partial charge < -0.3 is 15.0 Å². The van der Waals surface area contributed by atoms with E-state index < -0.39 is 0 Å². The van der Waals surface area contributed by atoms with Crippen LogP contribution in [-0.4, -0.2) is 42.3 Å². The maximum atomic E-state index is 5.57. The number of hydrogen-bond donors (Lipinski definition) is 1. The standard InChI is InChI=1S/C13H22N4O/c1-3-17(4-2)12-7-8-14-13(16-12)15-10-11-6-5-9-18-11/h7-8,11H,3-6,9-10H2,1-2H3,(H,14,15,16). The second kappa shape index (κ2) is 6.54. The van der Waals surface area contributed by atoms with Gasteiger partial charge in [-0.05, 0) is 32.8 Å². The lowest BCUT2D eigenvalue weighted by Gasteiger charge is -2.20. The number of hydrogen-bond acceptors (Lipinski definition) is 5. The van der Waals surface area contributed by atoms with Crippen molar-refractivity contribution in [3.63, 3.8) is 0 Å². The van der Waals surface area contributed by atoms with E-state index in [2.05, 4.69) is 34.0 Å². The summed E-state index contributed by atoms with van der Waals surface area (Å²) in [5.74, 6) is 1.67. The number of rotatable bonds is 6. The van der Waals surface area contributed by atoms with Crippen LogP contribution in [-0.2, 0) is 4.74 Å². The molecule has 18 heavy (non-hydrogen) atoms. The third-order valence-corrected chi connectivity index (χ3v) is 3.24. The van der Waals surface area contributed by atoms with Crippen LogP contribution in [0.15, 0.2) is 12.3 Å². The van der Waals surface area contributed by atoms with Crippen LogP contribution in [0.3, 0.4) is 0 Å². The summed E-state index contributed by atoms with van der Waals surface area (Å²) in [6, 6.07) is 1.95. The van der Waals surface area contributed by atoms with Gasteiger partial charge in [0.15, 0.2) is 0 Å². The van der Waals surface area contributed by atoms with E-state index in [0.717, 1.165) is 44.9 Å². The zero-order valence-electron chi connectivity index (χ0n) is 11.2. The number of nitrogens with one attached hydrogen (secondary N) is 1. The molecule has 100 valence electrons. The van der Waals surface area contributed by atoms with Gasteiger partial charge >= 0.3 is 0 Å². The molecule has 5 nitrogen and oxygen atoms in total. The van der Waals surface area contributed by atoms with Crippen LogP contribution in [0.5, 0.6) is 0 Å². The van der Waals surface area contributed by atoms with Crippen LogP contribution >= 0.6 is 0 Å². The Morgan fingerprint density at radius 1 is 1.44 bits per heavy atom. The Kier molecular flexibility index (Phi) is 4.75. The molecule has 1 saturated heterocycles. The van der Waals surface area contributed by atoms with E-state index in [1.54, 1.807) is 6.20 Å². The molecule has 1 unspecified atom stereocenters. The van der Waals surface area contributed by atoms with E-state index in [0.29, 0.717) is 12.1 Å². The topological polar surface area (TPSA) is 50.3 Å². The van der Waals surface area contributed by atoms with Crippen molar-refractivity contribution in [2.75, 3.05) is 36.5 Å². The van der Waals surface area contributed by atoms with Crippen LogP contribution in [0, 0.1) is 0 Å². The predicted molar refractivity (Wildman–Crippen MR) is 73.1 cm³/mol. The maximum Gasteiger partial charge on any atom is 0.224 e. The van der Waals surface area contributed by atoms with Gasteiger partial charge in [-0.1, -0.05) is 0 Å². The third-order valence-electron chi connectivity index (χ3n) is 3.24. The monoisotopic (exact) mass is 250 g/mol. The number of nitrogens with zero attached hydrogens (tertiary/aromatic N) is 3. The van der Waals surface area contributed by atoms with Crippen LogP contribution in [0.2, 0.25) is 0 Å². The van der Waals surface area contributed by atoms with E-state index in [-0.39, 0.29) is 0 Å². The van der Waals surface area contributed by atoms with Crippen molar-refractivity contribution < 1.29 is 4.74 Å². The van der Waals surface area contributed by atoms with Crippen LogP contribution < -0.4 is 10.2 Å². The van der Waals surface area contributed by atoms with Crippen molar-refractivity contribution in [3.05, 3.63) is 12.3 Å². The summed E-state index contributed by atoms with van der Waals surface area (Å²) in [7, 11) is 0. The minimum atomic E-state index is 0.311. The molecule has 0 saturated carbocycles. The minimum Gasteiger partial charge on any atom is -0.376 e. The number of anilines is 2. The van der Waals surface area contributed by atoms with E-state index in [4.69, 9.17) is 4.74 Å². The molecule has 0 bridgehead atoms. The highest BCUT2D eigenvalue weighted by Crippen LogP contribution is 2.14. The molecule has 0 aliphatic carbocycles. The van der Waals surface area contributed by atoms with Gasteiger partial charge in [0, 0.05) is 32.4 Å². The molecule has 0 amide bonds. The molecule has 1 aliphatic heterocycles. The first-order valence-electron chi connectivity index (χ1n) is 6.77. The zero-order chi connectivity index (χ0) is 12.8. The fraction of sp³-hybridized carbons (Fsp3) is 0.692. The third kappa shape index (κ3) is 3.32. The van der Waals surface area contributed by atoms with Crippen molar-refractivity contribution in [1.29, 1.82) is 0 Å². The minimum absolute atomic E-state index is 0.311. The molecule has 0 radical (unpaired) electrons. The average molecular weight is 250 g/mol. The summed E-state index contributed by atoms with van der Waals surface area (Å²) in [5, 5.41) is 3.26. The Labute approximate surface area is 109 Å². The number of aromatic nitrogens is 2. The van der Waals surface area contributed by atoms with Crippen LogP contribution in [0.1, 0.15) is 26.7 Å². The largest absolute Gasteiger partial charge is 0.376 e. The summed E-state index contributed by atoms with van der Waals surface area (Å²) in [6.45, 7) is 7.85. The summed E-state index contributed by atoms with van der Waals surface area (Å²) in [6.07, 6.45) is 4.40. The second-order valence-electron chi connectivity index (χ2n) is 4.43. The highest BCUT2D eigenvalue weighted by atomic mass is 16.5. The SMILES string of the molecule is CCN(CC)c1ccnc(NCC2CCCO2)n1. The molecule has 0 aromatic carbocycles. The average Bonchev–Trinajstić information content (AvgIpc) is 2.92. The molecule has 2 heterocycles. The van der Waals surface area contributed by atoms with Gasteiger partial charge in [-0.15, -0.1) is 0 Å². The fourth-order valence-electron chi connectivity index (χ4n) is 2.17. The molecule has 1 aromatic heterocycles. The van der Waals surface area contributed by atoms with Gasteiger partial charge in [-0.2, -0.15) is 4.98 Å². The summed E-state index contributed by atoms with van der Waals surface area (Å²) < 4.78 is 5.57. The lowest BCUT2D eigenvalue weighted by atomic mass is 10.2. The molecule has 5 heteroatoms. The Morgan fingerprint density at radius 2 is 2.28 bits per heavy atom. The van der Waals surface area contributed by atoms with Gasteiger partial charge in [-0.3, -0.25) is 0 Å². The lowest BCUT2D eigenvalue weighted by Crippen LogP contribution is -2.24. The van der Waals surface area contributed by atoms with Crippen LogP contribution in [0.25, 0.3) is 0 Å². The second-order valence-corrected chi connectivity index (χ2v) is 4.43. The molecule has 1 atom stereocenters.